The first-order chi connectivity index (χ1) is 14.7. The van der Waals surface area contributed by atoms with E-state index in [-0.39, 0.29) is 0 Å². The Morgan fingerprint density at radius 1 is 1.03 bits per heavy atom. The van der Waals surface area contributed by atoms with Gasteiger partial charge in [-0.3, -0.25) is 9.88 Å². The number of likely N-dealkylation sites (tertiary alicyclic amines) is 1. The van der Waals surface area contributed by atoms with E-state index >= 15 is 0 Å². The van der Waals surface area contributed by atoms with Gasteiger partial charge in [-0.2, -0.15) is 0 Å². The molecule has 0 spiro atoms. The van der Waals surface area contributed by atoms with Crippen molar-refractivity contribution in [3.8, 4) is 11.1 Å². The van der Waals surface area contributed by atoms with Gasteiger partial charge in [0.25, 0.3) is 0 Å². The average molecular weight is 399 g/mol. The van der Waals surface area contributed by atoms with Crippen LogP contribution in [0.2, 0.25) is 0 Å². The van der Waals surface area contributed by atoms with Crippen molar-refractivity contribution >= 4 is 11.0 Å². The normalized spacial score (nSPS) is 15.7. The number of rotatable bonds is 4. The van der Waals surface area contributed by atoms with Crippen molar-refractivity contribution in [3.63, 3.8) is 0 Å². The SMILES string of the molecule is Cc1noc(C)c1CN1CCC(c2ccc3cc(-c4ccncc4)cnc3n2)CC1. The summed E-state index contributed by atoms with van der Waals surface area (Å²) >= 11 is 0. The lowest BCUT2D eigenvalue weighted by molar-refractivity contribution is 0.202. The summed E-state index contributed by atoms with van der Waals surface area (Å²) in [6.07, 6.45) is 7.73. The maximum atomic E-state index is 5.31. The van der Waals surface area contributed by atoms with Gasteiger partial charge >= 0.3 is 0 Å². The summed E-state index contributed by atoms with van der Waals surface area (Å²) in [4.78, 5) is 16.1. The summed E-state index contributed by atoms with van der Waals surface area (Å²) in [5, 5.41) is 5.15. The quantitative estimate of drug-likeness (QED) is 0.496. The van der Waals surface area contributed by atoms with Gasteiger partial charge in [0, 0.05) is 53.3 Å². The second kappa shape index (κ2) is 7.95. The van der Waals surface area contributed by atoms with Crippen LogP contribution in [-0.2, 0) is 6.54 Å². The van der Waals surface area contributed by atoms with Crippen molar-refractivity contribution in [3.05, 3.63) is 71.6 Å². The molecule has 0 atom stereocenters. The van der Waals surface area contributed by atoms with Crippen LogP contribution in [0.25, 0.3) is 22.2 Å². The maximum absolute atomic E-state index is 5.31. The molecule has 0 N–H and O–H groups in total. The van der Waals surface area contributed by atoms with Crippen LogP contribution in [0.1, 0.15) is 41.5 Å². The zero-order valence-electron chi connectivity index (χ0n) is 17.4. The van der Waals surface area contributed by atoms with Crippen LogP contribution < -0.4 is 0 Å². The van der Waals surface area contributed by atoms with Crippen LogP contribution in [-0.4, -0.2) is 38.1 Å². The van der Waals surface area contributed by atoms with Crippen molar-refractivity contribution in [1.82, 2.24) is 25.0 Å². The Kier molecular flexibility index (Phi) is 5.01. The van der Waals surface area contributed by atoms with E-state index in [0.29, 0.717) is 5.92 Å². The molecule has 1 saturated heterocycles. The fourth-order valence-corrected chi connectivity index (χ4v) is 4.29. The highest BCUT2D eigenvalue weighted by Gasteiger charge is 2.23. The van der Waals surface area contributed by atoms with E-state index in [4.69, 9.17) is 9.51 Å². The summed E-state index contributed by atoms with van der Waals surface area (Å²) < 4.78 is 5.31. The summed E-state index contributed by atoms with van der Waals surface area (Å²) in [5.41, 5.74) is 6.42. The van der Waals surface area contributed by atoms with Crippen molar-refractivity contribution < 1.29 is 4.52 Å². The van der Waals surface area contributed by atoms with Gasteiger partial charge in [-0.05, 0) is 75.7 Å². The molecule has 30 heavy (non-hydrogen) atoms. The van der Waals surface area contributed by atoms with Crippen LogP contribution in [0.4, 0.5) is 0 Å². The largest absolute Gasteiger partial charge is 0.361 e. The Balaban J connectivity index is 1.29. The number of nitrogens with zero attached hydrogens (tertiary/aromatic N) is 5. The average Bonchev–Trinajstić information content (AvgIpc) is 3.11. The van der Waals surface area contributed by atoms with Crippen molar-refractivity contribution in [2.75, 3.05) is 13.1 Å². The van der Waals surface area contributed by atoms with Crippen LogP contribution >= 0.6 is 0 Å². The molecule has 152 valence electrons. The van der Waals surface area contributed by atoms with Crippen LogP contribution in [0.3, 0.4) is 0 Å². The predicted octanol–water partition coefficient (Wildman–Crippen LogP) is 4.68. The fourth-order valence-electron chi connectivity index (χ4n) is 4.29. The molecule has 0 saturated carbocycles. The van der Waals surface area contributed by atoms with Gasteiger partial charge in [-0.25, -0.2) is 9.97 Å². The Morgan fingerprint density at radius 3 is 2.57 bits per heavy atom. The third-order valence-electron chi connectivity index (χ3n) is 6.15. The molecule has 0 unspecified atom stereocenters. The van der Waals surface area contributed by atoms with E-state index in [9.17, 15) is 0 Å². The van der Waals surface area contributed by atoms with Gasteiger partial charge in [0.2, 0.25) is 0 Å². The topological polar surface area (TPSA) is 67.9 Å². The first-order valence-electron chi connectivity index (χ1n) is 10.5. The minimum absolute atomic E-state index is 0.483. The zero-order valence-corrected chi connectivity index (χ0v) is 17.4. The summed E-state index contributed by atoms with van der Waals surface area (Å²) in [6.45, 7) is 7.04. The number of aryl methyl sites for hydroxylation is 2. The Hall–Kier alpha value is -3.12. The molecule has 0 aliphatic carbocycles. The molecular formula is C24H25N5O. The third kappa shape index (κ3) is 3.71. The maximum Gasteiger partial charge on any atom is 0.159 e. The van der Waals surface area contributed by atoms with Gasteiger partial charge in [-0.1, -0.05) is 5.16 Å². The van der Waals surface area contributed by atoms with E-state index < -0.39 is 0 Å². The molecule has 1 aliphatic rings. The monoisotopic (exact) mass is 399 g/mol. The van der Waals surface area contributed by atoms with Crippen LogP contribution in [0.5, 0.6) is 0 Å². The molecule has 0 radical (unpaired) electrons. The Bertz CT molecular complexity index is 1140. The van der Waals surface area contributed by atoms with E-state index in [1.54, 1.807) is 12.4 Å². The van der Waals surface area contributed by atoms with Gasteiger partial charge in [0.05, 0.1) is 5.69 Å². The van der Waals surface area contributed by atoms with Gasteiger partial charge < -0.3 is 4.52 Å². The Morgan fingerprint density at radius 2 is 1.83 bits per heavy atom. The minimum atomic E-state index is 0.483. The number of piperidine rings is 1. The Labute approximate surface area is 176 Å². The molecule has 0 amide bonds. The van der Waals surface area contributed by atoms with Gasteiger partial charge in [0.15, 0.2) is 5.65 Å². The highest BCUT2D eigenvalue weighted by atomic mass is 16.5. The standard InChI is InChI=1S/C24H25N5O/c1-16-22(17(2)30-28-16)15-29-11-7-19(8-12-29)23-4-3-20-13-21(14-26-24(20)27-23)18-5-9-25-10-6-18/h3-6,9-10,13-14,19H,7-8,11-12,15H2,1-2H3. The lowest BCUT2D eigenvalue weighted by Gasteiger charge is -2.31. The molecule has 4 aromatic heterocycles. The van der Waals surface area contributed by atoms with E-state index in [0.717, 1.165) is 71.8 Å². The molecule has 1 aliphatic heterocycles. The molecule has 0 bridgehead atoms. The lowest BCUT2D eigenvalue weighted by atomic mass is 9.92. The molecular weight excluding hydrogens is 374 g/mol. The zero-order chi connectivity index (χ0) is 20.5. The highest BCUT2D eigenvalue weighted by molar-refractivity contribution is 5.80. The summed E-state index contributed by atoms with van der Waals surface area (Å²) in [5.74, 6) is 1.42. The number of hydrogen-bond acceptors (Lipinski definition) is 6. The van der Waals surface area contributed by atoms with Crippen molar-refractivity contribution in [2.24, 2.45) is 0 Å². The van der Waals surface area contributed by atoms with Crippen LogP contribution in [0.15, 0.2) is 53.4 Å². The van der Waals surface area contributed by atoms with E-state index in [2.05, 4.69) is 38.2 Å². The summed E-state index contributed by atoms with van der Waals surface area (Å²) in [7, 11) is 0. The van der Waals surface area contributed by atoms with Gasteiger partial charge in [0.1, 0.15) is 5.76 Å². The van der Waals surface area contributed by atoms with Gasteiger partial charge in [-0.15, -0.1) is 0 Å². The predicted molar refractivity (Wildman–Crippen MR) is 116 cm³/mol. The molecule has 5 rings (SSSR count). The molecule has 6 nitrogen and oxygen atoms in total. The molecule has 4 aromatic rings. The lowest BCUT2D eigenvalue weighted by Crippen LogP contribution is -2.33. The molecule has 1 fully saturated rings. The second-order valence-corrected chi connectivity index (χ2v) is 8.10. The third-order valence-corrected chi connectivity index (χ3v) is 6.15. The molecule has 5 heterocycles. The highest BCUT2D eigenvalue weighted by Crippen LogP contribution is 2.30. The summed E-state index contributed by atoms with van der Waals surface area (Å²) in [6, 6.07) is 10.5. The number of pyridine rings is 3. The van der Waals surface area contributed by atoms with Crippen molar-refractivity contribution in [1.29, 1.82) is 0 Å². The first-order valence-corrected chi connectivity index (χ1v) is 10.5. The van der Waals surface area contributed by atoms with Crippen LogP contribution in [0, 0.1) is 13.8 Å². The minimum Gasteiger partial charge on any atom is -0.361 e. The van der Waals surface area contributed by atoms with E-state index in [1.807, 2.05) is 32.2 Å². The number of hydrogen-bond donors (Lipinski definition) is 0. The number of fused-ring (bicyclic) bond motifs is 1. The second-order valence-electron chi connectivity index (χ2n) is 8.10. The number of aromatic nitrogens is 4. The first kappa shape index (κ1) is 18.9. The fraction of sp³-hybridized carbons (Fsp3) is 0.333. The molecule has 6 heteroatoms. The molecule has 0 aromatic carbocycles. The smallest absolute Gasteiger partial charge is 0.159 e. The van der Waals surface area contributed by atoms with Crippen molar-refractivity contribution in [2.45, 2.75) is 39.2 Å². The van der Waals surface area contributed by atoms with E-state index in [1.165, 1.54) is 5.56 Å².